The van der Waals surface area contributed by atoms with Crippen LogP contribution in [-0.2, 0) is 0 Å². The highest BCUT2D eigenvalue weighted by atomic mass is 35.5. The molecule has 7 heavy (non-hydrogen) atoms. The van der Waals surface area contributed by atoms with Crippen LogP contribution >= 0.6 is 22.5 Å². The summed E-state index contributed by atoms with van der Waals surface area (Å²) in [7, 11) is 0.222. The Hall–Kier alpha value is 0.380. The number of thiol groups is 1. The van der Waals surface area contributed by atoms with Gasteiger partial charge in [0.05, 0.1) is 0 Å². The van der Waals surface area contributed by atoms with Gasteiger partial charge in [-0.3, -0.25) is 10.9 Å². The second-order valence-corrected chi connectivity index (χ2v) is 4.40. The molecule has 0 saturated heterocycles. The van der Waals surface area contributed by atoms with Gasteiger partial charge in [-0.05, 0) is 18.3 Å². The zero-order valence-electron chi connectivity index (χ0n) is 4.69. The molecule has 0 aliphatic heterocycles. The van der Waals surface area contributed by atoms with Gasteiger partial charge >= 0.3 is 0 Å². The van der Waals surface area contributed by atoms with Crippen molar-refractivity contribution < 1.29 is 0 Å². The van der Waals surface area contributed by atoms with E-state index in [1.54, 1.807) is 5.54 Å². The quantitative estimate of drug-likeness (QED) is 0.555. The molecule has 0 radical (unpaired) electrons. The average Bonchev–Trinajstić information content (AvgIpc) is 1.61. The largest absolute Gasteiger partial charge is 0.256 e. The number of halogens is 1. The van der Waals surface area contributed by atoms with Crippen LogP contribution in [0.15, 0.2) is 11.6 Å². The fourth-order valence-corrected chi connectivity index (χ4v) is 0.991. The lowest BCUT2D eigenvalue weighted by Gasteiger charge is -2.00. The number of rotatable bonds is 2. The van der Waals surface area contributed by atoms with Crippen LogP contribution in [0.2, 0.25) is 0 Å². The molecular formula is C5H11ClS. The predicted octanol–water partition coefficient (Wildman–Crippen LogP) is 2.00. The zero-order chi connectivity index (χ0) is 5.70. The zero-order valence-corrected chi connectivity index (χ0v) is 6.34. The topological polar surface area (TPSA) is 0 Å². The molecule has 0 aliphatic carbocycles. The summed E-state index contributed by atoms with van der Waals surface area (Å²) in [6.45, 7) is 0. The number of hydrogen-bond donors (Lipinski definition) is 1. The molecule has 0 fully saturated rings. The van der Waals surface area contributed by atoms with Gasteiger partial charge in [-0.2, -0.15) is 0 Å². The normalized spacial score (nSPS) is 12.7. The van der Waals surface area contributed by atoms with Gasteiger partial charge in [0.2, 0.25) is 0 Å². The fraction of sp³-hybridized carbons (Fsp3) is 0.600. The molecular weight excluding hydrogens is 128 g/mol. The smallest absolute Gasteiger partial charge is 0.00101 e. The van der Waals surface area contributed by atoms with E-state index < -0.39 is 0 Å². The van der Waals surface area contributed by atoms with E-state index in [1.807, 2.05) is 6.08 Å². The van der Waals surface area contributed by atoms with Crippen LogP contribution in [0.4, 0.5) is 0 Å². The maximum atomic E-state index is 5.28. The Labute approximate surface area is 52.9 Å². The first-order valence-corrected chi connectivity index (χ1v) is 5.03. The number of hydrogen-bond acceptors (Lipinski definition) is 0. The Bertz CT molecular complexity index is 59.1. The summed E-state index contributed by atoms with van der Waals surface area (Å²) < 4.78 is 0. The van der Waals surface area contributed by atoms with Crippen LogP contribution < -0.4 is 0 Å². The first-order chi connectivity index (χ1) is 3.27. The molecule has 0 amide bonds. The van der Waals surface area contributed by atoms with Crippen molar-refractivity contribution in [2.24, 2.45) is 0 Å². The Kier molecular flexibility index (Phi) is 4.78. The third-order valence-corrected chi connectivity index (χ3v) is 1.68. The lowest BCUT2D eigenvalue weighted by Crippen LogP contribution is -1.75. The predicted molar refractivity (Wildman–Crippen MR) is 40.7 cm³/mol. The van der Waals surface area contributed by atoms with Gasteiger partial charge in [-0.25, -0.2) is 0 Å². The molecule has 0 aromatic rings. The van der Waals surface area contributed by atoms with E-state index in [0.29, 0.717) is 0 Å². The third kappa shape index (κ3) is 6.38. The van der Waals surface area contributed by atoms with E-state index in [-0.39, 0.29) is 10.9 Å². The Morgan fingerprint density at radius 3 is 2.29 bits per heavy atom. The lowest BCUT2D eigenvalue weighted by molar-refractivity contribution is 1.78. The van der Waals surface area contributed by atoms with E-state index in [9.17, 15) is 0 Å². The standard InChI is InChI=1S/C5H11ClS/c1-7(2)5-3-4-6/h3-4,7H,5H2,1-2H3/b4-3-. The molecule has 0 rings (SSSR count). The van der Waals surface area contributed by atoms with Crippen molar-refractivity contribution >= 4 is 22.5 Å². The molecule has 0 heterocycles. The van der Waals surface area contributed by atoms with E-state index in [1.165, 1.54) is 0 Å². The first-order valence-electron chi connectivity index (χ1n) is 2.17. The molecule has 0 N–H and O–H groups in total. The summed E-state index contributed by atoms with van der Waals surface area (Å²) in [4.78, 5) is 0. The fourth-order valence-electron chi connectivity index (χ4n) is 0.251. The molecule has 0 aliphatic rings. The van der Waals surface area contributed by atoms with E-state index in [0.717, 1.165) is 5.75 Å². The molecule has 0 nitrogen and oxygen atoms in total. The Morgan fingerprint density at radius 2 is 2.14 bits per heavy atom. The molecule has 0 bridgehead atoms. The van der Waals surface area contributed by atoms with E-state index in [4.69, 9.17) is 11.6 Å². The van der Waals surface area contributed by atoms with Crippen molar-refractivity contribution in [3.63, 3.8) is 0 Å². The van der Waals surface area contributed by atoms with Gasteiger partial charge in [0.15, 0.2) is 0 Å². The van der Waals surface area contributed by atoms with Crippen molar-refractivity contribution in [3.8, 4) is 0 Å². The minimum Gasteiger partial charge on any atom is -0.256 e. The van der Waals surface area contributed by atoms with Gasteiger partial charge in [-0.15, -0.1) is 0 Å². The summed E-state index contributed by atoms with van der Waals surface area (Å²) in [5.41, 5.74) is 1.59. The van der Waals surface area contributed by atoms with Gasteiger partial charge in [0, 0.05) is 5.54 Å². The van der Waals surface area contributed by atoms with Gasteiger partial charge < -0.3 is 0 Å². The molecule has 0 spiro atoms. The summed E-state index contributed by atoms with van der Waals surface area (Å²) >= 11 is 5.28. The average molecular weight is 139 g/mol. The highest BCUT2D eigenvalue weighted by molar-refractivity contribution is 8.15. The molecule has 2 heteroatoms. The van der Waals surface area contributed by atoms with Crippen molar-refractivity contribution in [1.29, 1.82) is 0 Å². The lowest BCUT2D eigenvalue weighted by atomic mass is 10.8. The van der Waals surface area contributed by atoms with Crippen molar-refractivity contribution in [2.45, 2.75) is 0 Å². The summed E-state index contributed by atoms with van der Waals surface area (Å²) in [6.07, 6.45) is 6.45. The van der Waals surface area contributed by atoms with Gasteiger partial charge in [-0.1, -0.05) is 17.7 Å². The molecule has 0 atom stereocenters. The van der Waals surface area contributed by atoms with Crippen LogP contribution in [0, 0.1) is 0 Å². The Balaban J connectivity index is 2.97. The van der Waals surface area contributed by atoms with E-state index >= 15 is 0 Å². The summed E-state index contributed by atoms with van der Waals surface area (Å²) in [5.74, 6) is 1.15. The maximum absolute atomic E-state index is 5.28. The van der Waals surface area contributed by atoms with Crippen LogP contribution in [0.5, 0.6) is 0 Å². The second-order valence-electron chi connectivity index (χ2n) is 1.62. The van der Waals surface area contributed by atoms with Crippen LogP contribution in [0.3, 0.4) is 0 Å². The molecule has 0 aromatic carbocycles. The van der Waals surface area contributed by atoms with Crippen molar-refractivity contribution in [2.75, 3.05) is 18.3 Å². The SMILES string of the molecule is C[SH](C)C/C=C\Cl. The third-order valence-electron chi connectivity index (χ3n) is 0.560. The molecule has 0 saturated carbocycles. The summed E-state index contributed by atoms with van der Waals surface area (Å²) in [5, 5.41) is 0. The minimum absolute atomic E-state index is 0.222. The molecule has 0 aromatic heterocycles. The second kappa shape index (κ2) is 4.54. The van der Waals surface area contributed by atoms with Crippen LogP contribution in [-0.4, -0.2) is 18.3 Å². The summed E-state index contributed by atoms with van der Waals surface area (Å²) in [6, 6.07) is 0. The molecule has 44 valence electrons. The Morgan fingerprint density at radius 1 is 1.57 bits per heavy atom. The van der Waals surface area contributed by atoms with Crippen molar-refractivity contribution in [3.05, 3.63) is 11.6 Å². The van der Waals surface area contributed by atoms with Gasteiger partial charge in [0.25, 0.3) is 0 Å². The maximum Gasteiger partial charge on any atom is 0.00101 e. The molecule has 0 unspecified atom stereocenters. The highest BCUT2D eigenvalue weighted by Gasteiger charge is 1.78. The monoisotopic (exact) mass is 138 g/mol. The van der Waals surface area contributed by atoms with Crippen LogP contribution in [0.25, 0.3) is 0 Å². The van der Waals surface area contributed by atoms with Gasteiger partial charge in [0.1, 0.15) is 0 Å². The minimum atomic E-state index is 0.222. The van der Waals surface area contributed by atoms with Crippen LogP contribution in [0.1, 0.15) is 0 Å². The van der Waals surface area contributed by atoms with E-state index in [2.05, 4.69) is 12.5 Å². The first kappa shape index (κ1) is 7.38. The van der Waals surface area contributed by atoms with Crippen molar-refractivity contribution in [1.82, 2.24) is 0 Å². The highest BCUT2D eigenvalue weighted by Crippen LogP contribution is 2.11.